The molecular weight excluding hydrogens is 306 g/mol. The van der Waals surface area contributed by atoms with E-state index in [1.54, 1.807) is 13.8 Å². The molecule has 0 fully saturated rings. The van der Waals surface area contributed by atoms with Crippen molar-refractivity contribution in [3.8, 4) is 0 Å². The van der Waals surface area contributed by atoms with E-state index in [1.165, 1.54) is 12.3 Å². The van der Waals surface area contributed by atoms with Crippen LogP contribution in [0.5, 0.6) is 0 Å². The van der Waals surface area contributed by atoms with Gasteiger partial charge in [-0.3, -0.25) is 0 Å². The highest BCUT2D eigenvalue weighted by Crippen LogP contribution is 2.20. The molecule has 0 aromatic carbocycles. The first-order chi connectivity index (χ1) is 9.00. The minimum Gasteiger partial charge on any atom is -0.478 e. The predicted molar refractivity (Wildman–Crippen MR) is 76.8 cm³/mol. The van der Waals surface area contributed by atoms with Crippen molar-refractivity contribution in [2.75, 3.05) is 18.1 Å². The summed E-state index contributed by atoms with van der Waals surface area (Å²) >= 11 is 5.91. The average Bonchev–Trinajstić information content (AvgIpc) is 2.23. The number of aromatic nitrogens is 1. The number of anilines is 1. The lowest BCUT2D eigenvalue weighted by atomic mass is 10.1. The lowest BCUT2D eigenvalue weighted by Crippen LogP contribution is -2.47. The minimum atomic E-state index is -3.34. The summed E-state index contributed by atoms with van der Waals surface area (Å²) in [5, 5.41) is 11.8. The zero-order chi connectivity index (χ0) is 15.6. The molecule has 1 aromatic heterocycles. The predicted octanol–water partition coefficient (Wildman–Crippen LogP) is 1.17. The smallest absolute Gasteiger partial charge is 0.337 e. The van der Waals surface area contributed by atoms with Gasteiger partial charge in [-0.05, 0) is 19.9 Å². The first-order valence-electron chi connectivity index (χ1n) is 5.62. The van der Waals surface area contributed by atoms with Crippen LogP contribution in [-0.2, 0) is 10.0 Å². The third-order valence-corrected chi connectivity index (χ3v) is 3.46. The van der Waals surface area contributed by atoms with Gasteiger partial charge in [0.25, 0.3) is 0 Å². The summed E-state index contributed by atoms with van der Waals surface area (Å²) in [5.74, 6) is -0.829. The summed E-state index contributed by atoms with van der Waals surface area (Å²) in [7, 11) is -3.34. The normalized spacial score (nSPS) is 12.2. The van der Waals surface area contributed by atoms with Gasteiger partial charge in [0.1, 0.15) is 5.82 Å². The van der Waals surface area contributed by atoms with Gasteiger partial charge in [-0.15, -0.1) is 0 Å². The van der Waals surface area contributed by atoms with Gasteiger partial charge in [0.05, 0.1) is 16.8 Å². The number of carboxylic acids is 1. The van der Waals surface area contributed by atoms with Crippen LogP contribution >= 0.6 is 11.6 Å². The molecule has 1 aromatic rings. The fourth-order valence-electron chi connectivity index (χ4n) is 1.53. The Kier molecular flexibility index (Phi) is 4.95. The number of sulfonamides is 1. The molecule has 0 spiro atoms. The second-order valence-corrected chi connectivity index (χ2v) is 7.13. The largest absolute Gasteiger partial charge is 0.478 e. The molecule has 7 nitrogen and oxygen atoms in total. The van der Waals surface area contributed by atoms with Crippen LogP contribution in [0.15, 0.2) is 12.3 Å². The van der Waals surface area contributed by atoms with Crippen molar-refractivity contribution < 1.29 is 18.3 Å². The maximum atomic E-state index is 11.2. The Balaban J connectivity index is 2.78. The topological polar surface area (TPSA) is 108 Å². The molecule has 20 heavy (non-hydrogen) atoms. The Bertz CT molecular complexity index is 616. The Morgan fingerprint density at radius 3 is 2.55 bits per heavy atom. The van der Waals surface area contributed by atoms with E-state index in [0.717, 1.165) is 6.26 Å². The van der Waals surface area contributed by atoms with E-state index < -0.39 is 21.5 Å². The average molecular weight is 322 g/mol. The Morgan fingerprint density at radius 2 is 2.10 bits per heavy atom. The highest BCUT2D eigenvalue weighted by atomic mass is 35.5. The molecule has 0 unspecified atom stereocenters. The van der Waals surface area contributed by atoms with E-state index in [9.17, 15) is 13.2 Å². The fourth-order valence-corrected chi connectivity index (χ4v) is 2.84. The first kappa shape index (κ1) is 16.7. The number of carbonyl (C=O) groups is 1. The standard InChI is InChI=1S/C11H16ClN3O4S/c1-11(2,15-20(3,18)19)6-14-9-8(12)4-7(5-13-9)10(16)17/h4-5,15H,6H2,1-3H3,(H,13,14)(H,16,17). The van der Waals surface area contributed by atoms with Crippen LogP contribution in [0.4, 0.5) is 5.82 Å². The quantitative estimate of drug-likeness (QED) is 0.726. The molecule has 0 saturated heterocycles. The third-order valence-electron chi connectivity index (χ3n) is 2.25. The van der Waals surface area contributed by atoms with Crippen molar-refractivity contribution in [1.82, 2.24) is 9.71 Å². The van der Waals surface area contributed by atoms with Gasteiger partial charge in [-0.2, -0.15) is 0 Å². The summed E-state index contributed by atoms with van der Waals surface area (Å²) in [6, 6.07) is 1.27. The van der Waals surface area contributed by atoms with Crippen LogP contribution in [-0.4, -0.2) is 42.8 Å². The molecule has 9 heteroatoms. The molecule has 112 valence electrons. The van der Waals surface area contributed by atoms with Gasteiger partial charge in [-0.25, -0.2) is 22.9 Å². The number of halogens is 1. The number of nitrogens with zero attached hydrogens (tertiary/aromatic N) is 1. The van der Waals surface area contributed by atoms with Gasteiger partial charge < -0.3 is 10.4 Å². The SMILES string of the molecule is CC(C)(CNc1ncc(C(=O)O)cc1Cl)NS(C)(=O)=O. The first-order valence-corrected chi connectivity index (χ1v) is 7.89. The molecule has 0 aliphatic rings. The van der Waals surface area contributed by atoms with Crippen molar-refractivity contribution in [1.29, 1.82) is 0 Å². The Labute approximate surface area is 122 Å². The molecule has 0 aliphatic heterocycles. The summed E-state index contributed by atoms with van der Waals surface area (Å²) in [5.41, 5.74) is -0.765. The zero-order valence-electron chi connectivity index (χ0n) is 11.3. The minimum absolute atomic E-state index is 0.0194. The molecule has 0 aliphatic carbocycles. The molecule has 0 radical (unpaired) electrons. The monoisotopic (exact) mass is 321 g/mol. The van der Waals surface area contributed by atoms with Gasteiger partial charge in [0, 0.05) is 18.3 Å². The van der Waals surface area contributed by atoms with Crippen LogP contribution < -0.4 is 10.0 Å². The number of hydrogen-bond acceptors (Lipinski definition) is 5. The van der Waals surface area contributed by atoms with Crippen molar-refractivity contribution in [2.24, 2.45) is 0 Å². The second kappa shape index (κ2) is 5.94. The van der Waals surface area contributed by atoms with Crippen LogP contribution in [0.2, 0.25) is 5.02 Å². The highest BCUT2D eigenvalue weighted by molar-refractivity contribution is 7.88. The summed E-state index contributed by atoms with van der Waals surface area (Å²) in [4.78, 5) is 14.6. The van der Waals surface area contributed by atoms with Crippen molar-refractivity contribution >= 4 is 33.4 Å². The van der Waals surface area contributed by atoms with Crippen molar-refractivity contribution in [3.05, 3.63) is 22.8 Å². The van der Waals surface area contributed by atoms with Crippen LogP contribution in [0.25, 0.3) is 0 Å². The van der Waals surface area contributed by atoms with Gasteiger partial charge >= 0.3 is 5.97 Å². The highest BCUT2D eigenvalue weighted by Gasteiger charge is 2.22. The molecule has 1 heterocycles. The van der Waals surface area contributed by atoms with E-state index in [2.05, 4.69) is 15.0 Å². The molecule has 0 saturated carbocycles. The van der Waals surface area contributed by atoms with Gasteiger partial charge in [0.2, 0.25) is 10.0 Å². The maximum absolute atomic E-state index is 11.2. The zero-order valence-corrected chi connectivity index (χ0v) is 12.8. The van der Waals surface area contributed by atoms with Crippen LogP contribution in [0.1, 0.15) is 24.2 Å². The van der Waals surface area contributed by atoms with Gasteiger partial charge in [-0.1, -0.05) is 11.6 Å². The van der Waals surface area contributed by atoms with Crippen LogP contribution in [0, 0.1) is 0 Å². The lowest BCUT2D eigenvalue weighted by molar-refractivity contribution is 0.0696. The molecule has 0 amide bonds. The van der Waals surface area contributed by atoms with E-state index in [-0.39, 0.29) is 17.1 Å². The third kappa shape index (κ3) is 5.32. The number of carboxylic acid groups (broad SMARTS) is 1. The van der Waals surface area contributed by atoms with Crippen LogP contribution in [0.3, 0.4) is 0 Å². The summed E-state index contributed by atoms with van der Waals surface area (Å²) < 4.78 is 24.9. The summed E-state index contributed by atoms with van der Waals surface area (Å²) in [6.45, 7) is 3.63. The molecule has 3 N–H and O–H groups in total. The summed E-state index contributed by atoms with van der Waals surface area (Å²) in [6.07, 6.45) is 2.25. The molecule has 1 rings (SSSR count). The van der Waals surface area contributed by atoms with Crippen molar-refractivity contribution in [3.63, 3.8) is 0 Å². The molecular formula is C11H16ClN3O4S. The second-order valence-electron chi connectivity index (χ2n) is 4.97. The number of aromatic carboxylic acids is 1. The van der Waals surface area contributed by atoms with Crippen molar-refractivity contribution in [2.45, 2.75) is 19.4 Å². The Morgan fingerprint density at radius 1 is 1.50 bits per heavy atom. The molecule has 0 bridgehead atoms. The van der Waals surface area contributed by atoms with Gasteiger partial charge in [0.15, 0.2) is 0 Å². The number of pyridine rings is 1. The Hall–Kier alpha value is -1.38. The number of hydrogen-bond donors (Lipinski definition) is 3. The lowest BCUT2D eigenvalue weighted by Gasteiger charge is -2.25. The van der Waals surface area contributed by atoms with E-state index >= 15 is 0 Å². The van der Waals surface area contributed by atoms with E-state index in [4.69, 9.17) is 16.7 Å². The number of rotatable bonds is 6. The number of nitrogens with one attached hydrogen (secondary N) is 2. The van der Waals surface area contributed by atoms with E-state index in [0.29, 0.717) is 5.82 Å². The molecule has 0 atom stereocenters. The van der Waals surface area contributed by atoms with E-state index in [1.807, 2.05) is 0 Å². The maximum Gasteiger partial charge on any atom is 0.337 e. The fraction of sp³-hybridized carbons (Fsp3) is 0.455.